The Hall–Kier alpha value is -0.740. The molecule has 0 radical (unpaired) electrons. The topological polar surface area (TPSA) is 33.1 Å². The van der Waals surface area contributed by atoms with Crippen LogP contribution in [0, 0.1) is 0 Å². The maximum atomic E-state index is 12.1. The van der Waals surface area contributed by atoms with E-state index in [1.807, 2.05) is 0 Å². The van der Waals surface area contributed by atoms with Gasteiger partial charge >= 0.3 is 0 Å². The van der Waals surface area contributed by atoms with Crippen LogP contribution < -0.4 is 0 Å². The quantitative estimate of drug-likeness (QED) is 0.781. The maximum Gasteiger partial charge on any atom is 0.266 e. The van der Waals surface area contributed by atoms with Gasteiger partial charge < -0.3 is 5.11 Å². The summed E-state index contributed by atoms with van der Waals surface area (Å²) < 4.78 is 24.2. The minimum Gasteiger partial charge on any atom is -0.390 e. The second-order valence-corrected chi connectivity index (χ2v) is 2.56. The van der Waals surface area contributed by atoms with Crippen LogP contribution in [0.2, 0.25) is 5.02 Å². The van der Waals surface area contributed by atoms with E-state index in [9.17, 15) is 8.78 Å². The van der Waals surface area contributed by atoms with Crippen LogP contribution in [0.1, 0.15) is 17.7 Å². The molecule has 2 nitrogen and oxygen atoms in total. The first-order valence-electron chi connectivity index (χ1n) is 3.18. The number of aliphatic hydroxyl groups is 1. The predicted octanol–water partition coefficient (Wildman–Crippen LogP) is 2.16. The number of aromatic nitrogens is 1. The Morgan fingerprint density at radius 1 is 1.58 bits per heavy atom. The van der Waals surface area contributed by atoms with E-state index >= 15 is 0 Å². The maximum absolute atomic E-state index is 12.1. The number of rotatable bonds is 2. The molecule has 0 atom stereocenters. The van der Waals surface area contributed by atoms with Gasteiger partial charge in [-0.15, -0.1) is 0 Å². The van der Waals surface area contributed by atoms with E-state index in [2.05, 4.69) is 4.98 Å². The lowest BCUT2D eigenvalue weighted by molar-refractivity contribution is 0.151. The summed E-state index contributed by atoms with van der Waals surface area (Å²) in [5.41, 5.74) is -0.0294. The third-order valence-electron chi connectivity index (χ3n) is 1.34. The normalized spacial score (nSPS) is 10.8. The average Bonchev–Trinajstić information content (AvgIpc) is 2.03. The number of nitrogens with zero attached hydrogens (tertiary/aromatic N) is 1. The smallest absolute Gasteiger partial charge is 0.266 e. The molecular formula is C7H6ClF2NO. The van der Waals surface area contributed by atoms with Gasteiger partial charge in [-0.05, 0) is 6.07 Å². The molecule has 0 aliphatic rings. The van der Waals surface area contributed by atoms with Gasteiger partial charge in [0.15, 0.2) is 0 Å². The molecule has 0 spiro atoms. The molecule has 1 heterocycles. The van der Waals surface area contributed by atoms with Crippen molar-refractivity contribution in [1.29, 1.82) is 0 Å². The lowest BCUT2D eigenvalue weighted by Gasteiger charge is -2.02. The first kappa shape index (κ1) is 9.35. The number of hydrogen-bond donors (Lipinski definition) is 1. The second-order valence-electron chi connectivity index (χ2n) is 2.16. The largest absolute Gasteiger partial charge is 0.390 e. The van der Waals surface area contributed by atoms with Gasteiger partial charge in [0.05, 0.1) is 22.9 Å². The van der Waals surface area contributed by atoms with Gasteiger partial charge in [-0.2, -0.15) is 0 Å². The Balaban J connectivity index is 3.03. The molecule has 0 saturated heterocycles. The van der Waals surface area contributed by atoms with E-state index in [-0.39, 0.29) is 22.9 Å². The summed E-state index contributed by atoms with van der Waals surface area (Å²) in [7, 11) is 0. The summed E-state index contributed by atoms with van der Waals surface area (Å²) in [6.45, 7) is -0.302. The molecule has 1 N–H and O–H groups in total. The molecule has 0 aromatic carbocycles. The molecule has 5 heteroatoms. The number of alkyl halides is 2. The van der Waals surface area contributed by atoms with Crippen LogP contribution in [0.4, 0.5) is 8.78 Å². The van der Waals surface area contributed by atoms with Gasteiger partial charge in [0.2, 0.25) is 0 Å². The minimum absolute atomic E-state index is 0.0657. The Morgan fingerprint density at radius 3 is 2.67 bits per heavy atom. The van der Waals surface area contributed by atoms with Crippen molar-refractivity contribution in [3.05, 3.63) is 28.5 Å². The summed E-state index contributed by atoms with van der Waals surface area (Å²) in [4.78, 5) is 3.56. The van der Waals surface area contributed by atoms with E-state index in [0.29, 0.717) is 0 Å². The lowest BCUT2D eigenvalue weighted by atomic mass is 10.2. The van der Waals surface area contributed by atoms with Crippen molar-refractivity contribution in [1.82, 2.24) is 4.98 Å². The minimum atomic E-state index is -2.63. The van der Waals surface area contributed by atoms with Crippen LogP contribution in [0.5, 0.6) is 0 Å². The molecule has 1 aromatic heterocycles. The van der Waals surface area contributed by atoms with Crippen molar-refractivity contribution in [2.24, 2.45) is 0 Å². The molecule has 0 aliphatic carbocycles. The molecule has 0 aliphatic heterocycles. The summed E-state index contributed by atoms with van der Waals surface area (Å²) in [6.07, 6.45) is -1.66. The fourth-order valence-corrected chi connectivity index (χ4v) is 0.985. The Kier molecular flexibility index (Phi) is 2.94. The first-order valence-corrected chi connectivity index (χ1v) is 3.56. The van der Waals surface area contributed by atoms with Crippen molar-refractivity contribution in [3.8, 4) is 0 Å². The fourth-order valence-electron chi connectivity index (χ4n) is 0.728. The van der Waals surface area contributed by atoms with Crippen LogP contribution in [-0.4, -0.2) is 10.1 Å². The lowest BCUT2D eigenvalue weighted by Crippen LogP contribution is -1.93. The molecule has 1 aromatic rings. The highest BCUT2D eigenvalue weighted by atomic mass is 35.5. The van der Waals surface area contributed by atoms with Crippen molar-refractivity contribution in [2.45, 2.75) is 13.0 Å². The zero-order valence-corrected chi connectivity index (χ0v) is 6.72. The fraction of sp³-hybridized carbons (Fsp3) is 0.286. The Morgan fingerprint density at radius 2 is 2.25 bits per heavy atom. The molecule has 12 heavy (non-hydrogen) atoms. The molecule has 1 rings (SSSR count). The van der Waals surface area contributed by atoms with Crippen LogP contribution in [0.3, 0.4) is 0 Å². The highest BCUT2D eigenvalue weighted by molar-refractivity contribution is 6.31. The average molecular weight is 194 g/mol. The first-order chi connectivity index (χ1) is 5.65. The van der Waals surface area contributed by atoms with Crippen molar-refractivity contribution in [2.75, 3.05) is 0 Å². The van der Waals surface area contributed by atoms with E-state index < -0.39 is 6.43 Å². The predicted molar refractivity (Wildman–Crippen MR) is 40.1 cm³/mol. The van der Waals surface area contributed by atoms with E-state index in [1.165, 1.54) is 6.07 Å². The number of pyridine rings is 1. The zero-order valence-electron chi connectivity index (χ0n) is 5.97. The van der Waals surface area contributed by atoms with Crippen LogP contribution in [0.25, 0.3) is 0 Å². The van der Waals surface area contributed by atoms with Gasteiger partial charge in [-0.3, -0.25) is 4.98 Å². The summed E-state index contributed by atoms with van der Waals surface area (Å²) >= 11 is 5.47. The van der Waals surface area contributed by atoms with Crippen LogP contribution >= 0.6 is 11.6 Å². The summed E-state index contributed by atoms with van der Waals surface area (Å²) in [5, 5.41) is 8.52. The Bertz CT molecular complexity index is 280. The number of hydrogen-bond acceptors (Lipinski definition) is 2. The monoisotopic (exact) mass is 193 g/mol. The molecular weight excluding hydrogens is 188 g/mol. The molecule has 0 amide bonds. The second kappa shape index (κ2) is 3.78. The van der Waals surface area contributed by atoms with Gasteiger partial charge in [0.25, 0.3) is 6.43 Å². The zero-order chi connectivity index (χ0) is 9.14. The SMILES string of the molecule is OCc1cc(Cl)c(C(F)F)cn1. The molecule has 0 fully saturated rings. The van der Waals surface area contributed by atoms with E-state index in [4.69, 9.17) is 16.7 Å². The molecule has 0 bridgehead atoms. The third kappa shape index (κ3) is 1.89. The highest BCUT2D eigenvalue weighted by Gasteiger charge is 2.12. The van der Waals surface area contributed by atoms with Crippen LogP contribution in [-0.2, 0) is 6.61 Å². The van der Waals surface area contributed by atoms with Gasteiger partial charge in [0.1, 0.15) is 0 Å². The van der Waals surface area contributed by atoms with E-state index in [0.717, 1.165) is 6.20 Å². The van der Waals surface area contributed by atoms with Crippen molar-refractivity contribution < 1.29 is 13.9 Å². The molecule has 0 saturated carbocycles. The van der Waals surface area contributed by atoms with Crippen molar-refractivity contribution >= 4 is 11.6 Å². The highest BCUT2D eigenvalue weighted by Crippen LogP contribution is 2.26. The Labute approximate surface area is 72.8 Å². The van der Waals surface area contributed by atoms with E-state index in [1.54, 1.807) is 0 Å². The summed E-state index contributed by atoms with van der Waals surface area (Å²) in [5.74, 6) is 0. The van der Waals surface area contributed by atoms with Gasteiger partial charge in [-0.25, -0.2) is 8.78 Å². The standard InChI is InChI=1S/C7H6ClF2NO/c8-6-1-4(3-12)11-2-5(6)7(9)10/h1-2,7,12H,3H2. The van der Waals surface area contributed by atoms with Gasteiger partial charge in [-0.1, -0.05) is 11.6 Å². The third-order valence-corrected chi connectivity index (χ3v) is 1.66. The molecule has 66 valence electrons. The van der Waals surface area contributed by atoms with Gasteiger partial charge in [0, 0.05) is 6.20 Å². The summed E-state index contributed by atoms with van der Waals surface area (Å²) in [6, 6.07) is 1.23. The van der Waals surface area contributed by atoms with Crippen LogP contribution in [0.15, 0.2) is 12.3 Å². The number of halogens is 3. The number of aliphatic hydroxyl groups excluding tert-OH is 1. The molecule has 0 unspecified atom stereocenters. The van der Waals surface area contributed by atoms with Crippen molar-refractivity contribution in [3.63, 3.8) is 0 Å².